The molecule has 3 aromatic carbocycles. The molecular formula is C30H33FN4O4S. The lowest BCUT2D eigenvalue weighted by Crippen LogP contribution is -2.39. The molecule has 0 spiro atoms. The van der Waals surface area contributed by atoms with Gasteiger partial charge in [0.25, 0.3) is 0 Å². The topological polar surface area (TPSA) is 93.5 Å². The van der Waals surface area contributed by atoms with Crippen molar-refractivity contribution in [1.29, 1.82) is 0 Å². The number of hydrogen-bond donors (Lipinski definition) is 1. The van der Waals surface area contributed by atoms with E-state index in [1.165, 1.54) is 21.1 Å². The summed E-state index contributed by atoms with van der Waals surface area (Å²) in [5.41, 5.74) is 4.16. The van der Waals surface area contributed by atoms with E-state index in [-0.39, 0.29) is 11.4 Å². The number of aryl methyl sites for hydroxylation is 3. The van der Waals surface area contributed by atoms with Gasteiger partial charge in [0.15, 0.2) is 0 Å². The average Bonchev–Trinajstić information content (AvgIpc) is 3.32. The second kappa shape index (κ2) is 12.5. The SMILES string of the molecule is COCCCN(CC(=O)Nc1cc(-c2ccccc2)nn1-c1ccc(F)cc1)S(=O)(=O)c1c(C)cc(C)cc1C. The minimum Gasteiger partial charge on any atom is -0.385 e. The van der Waals surface area contributed by atoms with Crippen molar-refractivity contribution in [1.82, 2.24) is 14.1 Å². The number of amides is 1. The number of rotatable bonds is 11. The van der Waals surface area contributed by atoms with Crippen molar-refractivity contribution in [3.05, 3.63) is 95.3 Å². The molecule has 0 unspecified atom stereocenters. The summed E-state index contributed by atoms with van der Waals surface area (Å²) in [6.07, 6.45) is 0.415. The van der Waals surface area contributed by atoms with Crippen LogP contribution in [0.4, 0.5) is 10.2 Å². The molecular weight excluding hydrogens is 531 g/mol. The largest absolute Gasteiger partial charge is 0.385 e. The normalized spacial score (nSPS) is 11.7. The molecule has 1 heterocycles. The summed E-state index contributed by atoms with van der Waals surface area (Å²) in [5.74, 6) is -0.609. The summed E-state index contributed by atoms with van der Waals surface area (Å²) >= 11 is 0. The lowest BCUT2D eigenvalue weighted by Gasteiger charge is -2.24. The van der Waals surface area contributed by atoms with Crippen LogP contribution in [0.15, 0.2) is 77.7 Å². The number of anilines is 1. The fourth-order valence-corrected chi connectivity index (χ4v) is 6.56. The fraction of sp³-hybridized carbons (Fsp3) is 0.267. The van der Waals surface area contributed by atoms with E-state index in [1.807, 2.05) is 49.4 Å². The van der Waals surface area contributed by atoms with Crippen LogP contribution in [0.2, 0.25) is 0 Å². The van der Waals surface area contributed by atoms with Crippen molar-refractivity contribution in [2.24, 2.45) is 0 Å². The van der Waals surface area contributed by atoms with Gasteiger partial charge in [0, 0.05) is 31.9 Å². The third-order valence-corrected chi connectivity index (χ3v) is 8.55. The molecule has 40 heavy (non-hydrogen) atoms. The number of methoxy groups -OCH3 is 1. The number of aromatic nitrogens is 2. The van der Waals surface area contributed by atoms with Crippen molar-refractivity contribution in [3.63, 3.8) is 0 Å². The van der Waals surface area contributed by atoms with Crippen LogP contribution >= 0.6 is 0 Å². The van der Waals surface area contributed by atoms with E-state index in [4.69, 9.17) is 4.74 Å². The van der Waals surface area contributed by atoms with Gasteiger partial charge in [0.1, 0.15) is 11.6 Å². The number of hydrogen-bond acceptors (Lipinski definition) is 5. The van der Waals surface area contributed by atoms with E-state index in [2.05, 4.69) is 10.4 Å². The van der Waals surface area contributed by atoms with Gasteiger partial charge in [-0.05, 0) is 62.6 Å². The summed E-state index contributed by atoms with van der Waals surface area (Å²) in [4.78, 5) is 13.6. The van der Waals surface area contributed by atoms with Gasteiger partial charge in [-0.15, -0.1) is 0 Å². The highest BCUT2D eigenvalue weighted by molar-refractivity contribution is 7.89. The highest BCUT2D eigenvalue weighted by Gasteiger charge is 2.30. The number of benzene rings is 3. The first kappa shape index (κ1) is 29.1. The van der Waals surface area contributed by atoms with Crippen LogP contribution < -0.4 is 5.32 Å². The number of carbonyl (C=O) groups is 1. The van der Waals surface area contributed by atoms with Crippen LogP contribution in [0.3, 0.4) is 0 Å². The summed E-state index contributed by atoms with van der Waals surface area (Å²) in [7, 11) is -2.46. The molecule has 0 aliphatic carbocycles. The number of nitrogens with zero attached hydrogens (tertiary/aromatic N) is 3. The molecule has 0 fully saturated rings. The number of carbonyl (C=O) groups excluding carboxylic acids is 1. The Morgan fingerprint density at radius 2 is 1.65 bits per heavy atom. The number of nitrogens with one attached hydrogen (secondary N) is 1. The molecule has 8 nitrogen and oxygen atoms in total. The lowest BCUT2D eigenvalue weighted by molar-refractivity contribution is -0.116. The molecule has 0 saturated heterocycles. The molecule has 10 heteroatoms. The second-order valence-electron chi connectivity index (χ2n) is 9.63. The molecule has 0 saturated carbocycles. The summed E-state index contributed by atoms with van der Waals surface area (Å²) in [5, 5.41) is 7.46. The first-order valence-electron chi connectivity index (χ1n) is 12.9. The van der Waals surface area contributed by atoms with Crippen molar-refractivity contribution in [2.75, 3.05) is 32.1 Å². The number of ether oxygens (including phenoxy) is 1. The van der Waals surface area contributed by atoms with Gasteiger partial charge in [0.05, 0.1) is 22.8 Å². The first-order valence-corrected chi connectivity index (χ1v) is 14.3. The maximum atomic E-state index is 13.8. The Morgan fingerprint density at radius 3 is 2.27 bits per heavy atom. The standard InChI is InChI=1S/C30H33FN4O4S/c1-21-17-22(2)30(23(3)18-21)40(37,38)34(15-8-16-39-4)20-29(36)32-28-19-27(24-9-6-5-7-10-24)33-35(28)26-13-11-25(31)12-14-26/h5-7,9-14,17-19H,8,15-16,20H2,1-4H3,(H,32,36). The third kappa shape index (κ3) is 6.64. The van der Waals surface area contributed by atoms with E-state index < -0.39 is 28.3 Å². The molecule has 0 bridgehead atoms. The highest BCUT2D eigenvalue weighted by Crippen LogP contribution is 2.27. The Kier molecular flexibility index (Phi) is 9.14. The zero-order valence-electron chi connectivity index (χ0n) is 23.0. The van der Waals surface area contributed by atoms with Gasteiger partial charge in [-0.25, -0.2) is 17.5 Å². The molecule has 4 rings (SSSR count). The minimum atomic E-state index is -4.00. The molecule has 4 aromatic rings. The molecule has 0 aliphatic heterocycles. The van der Waals surface area contributed by atoms with Crippen molar-refractivity contribution < 1.29 is 22.3 Å². The van der Waals surface area contributed by atoms with E-state index in [0.29, 0.717) is 41.4 Å². The van der Waals surface area contributed by atoms with Gasteiger partial charge in [-0.2, -0.15) is 9.40 Å². The van der Waals surface area contributed by atoms with Gasteiger partial charge in [-0.1, -0.05) is 48.0 Å². The Balaban J connectivity index is 1.66. The van der Waals surface area contributed by atoms with Crippen LogP contribution in [0.5, 0.6) is 0 Å². The fourth-order valence-electron chi connectivity index (χ4n) is 4.71. The maximum absolute atomic E-state index is 13.8. The minimum absolute atomic E-state index is 0.100. The smallest absolute Gasteiger partial charge is 0.244 e. The van der Waals surface area contributed by atoms with Crippen LogP contribution in [0.25, 0.3) is 16.9 Å². The molecule has 1 aromatic heterocycles. The molecule has 1 N–H and O–H groups in total. The maximum Gasteiger partial charge on any atom is 0.244 e. The van der Waals surface area contributed by atoms with Gasteiger partial charge < -0.3 is 10.1 Å². The van der Waals surface area contributed by atoms with Crippen molar-refractivity contribution >= 4 is 21.7 Å². The molecule has 0 aliphatic rings. The zero-order chi connectivity index (χ0) is 28.9. The predicted octanol–water partition coefficient (Wildman–Crippen LogP) is 5.27. The van der Waals surface area contributed by atoms with Gasteiger partial charge in [-0.3, -0.25) is 4.79 Å². The monoisotopic (exact) mass is 564 g/mol. The van der Waals surface area contributed by atoms with Crippen LogP contribution in [-0.2, 0) is 19.6 Å². The van der Waals surface area contributed by atoms with E-state index in [0.717, 1.165) is 11.1 Å². The summed E-state index contributed by atoms with van der Waals surface area (Å²) < 4.78 is 49.1. The van der Waals surface area contributed by atoms with Crippen molar-refractivity contribution in [3.8, 4) is 16.9 Å². The molecule has 0 atom stereocenters. The first-order chi connectivity index (χ1) is 19.1. The summed E-state index contributed by atoms with van der Waals surface area (Å²) in [6.45, 7) is 5.46. The average molecular weight is 565 g/mol. The Labute approximate surface area is 234 Å². The second-order valence-corrected chi connectivity index (χ2v) is 11.5. The van der Waals surface area contributed by atoms with Crippen molar-refractivity contribution in [2.45, 2.75) is 32.1 Å². The Bertz CT molecular complexity index is 1560. The highest BCUT2D eigenvalue weighted by atomic mass is 32.2. The lowest BCUT2D eigenvalue weighted by atomic mass is 10.1. The number of halogens is 1. The molecule has 0 radical (unpaired) electrons. The van der Waals surface area contributed by atoms with Crippen LogP contribution in [0.1, 0.15) is 23.1 Å². The van der Waals surface area contributed by atoms with E-state index in [9.17, 15) is 17.6 Å². The predicted molar refractivity (Wildman–Crippen MR) is 153 cm³/mol. The summed E-state index contributed by atoms with van der Waals surface area (Å²) in [6, 6.07) is 20.5. The Morgan fingerprint density at radius 1 is 1.00 bits per heavy atom. The Hall–Kier alpha value is -3.86. The van der Waals surface area contributed by atoms with Gasteiger partial charge >= 0.3 is 0 Å². The third-order valence-electron chi connectivity index (χ3n) is 6.40. The quantitative estimate of drug-likeness (QED) is 0.251. The number of sulfonamides is 1. The van der Waals surface area contributed by atoms with Crippen LogP contribution in [0, 0.1) is 26.6 Å². The molecule has 210 valence electrons. The molecule has 1 amide bonds. The van der Waals surface area contributed by atoms with E-state index in [1.54, 1.807) is 39.2 Å². The van der Waals surface area contributed by atoms with Gasteiger partial charge in [0.2, 0.25) is 15.9 Å². The van der Waals surface area contributed by atoms with E-state index >= 15 is 0 Å². The van der Waals surface area contributed by atoms with Crippen LogP contribution in [-0.4, -0.2) is 55.2 Å². The zero-order valence-corrected chi connectivity index (χ0v) is 23.8.